The lowest BCUT2D eigenvalue weighted by Crippen LogP contribution is -2.47. The van der Waals surface area contributed by atoms with Crippen molar-refractivity contribution in [2.75, 3.05) is 13.7 Å². The van der Waals surface area contributed by atoms with E-state index in [2.05, 4.69) is 11.9 Å². The largest absolute Gasteiger partial charge is 0.462 e. The van der Waals surface area contributed by atoms with E-state index in [0.717, 1.165) is 18.4 Å². The van der Waals surface area contributed by atoms with Gasteiger partial charge < -0.3 is 9.64 Å². The van der Waals surface area contributed by atoms with Gasteiger partial charge in [-0.2, -0.15) is 0 Å². The average molecular weight is 353 g/mol. The van der Waals surface area contributed by atoms with Gasteiger partial charge in [0.15, 0.2) is 0 Å². The quantitative estimate of drug-likeness (QED) is 0.770. The van der Waals surface area contributed by atoms with Gasteiger partial charge in [0.25, 0.3) is 0 Å². The van der Waals surface area contributed by atoms with Crippen LogP contribution in [0.4, 0.5) is 4.39 Å². The third-order valence-electron chi connectivity index (χ3n) is 6.15. The number of fused-ring (bicyclic) bond motifs is 2. The van der Waals surface area contributed by atoms with Crippen molar-refractivity contribution in [3.8, 4) is 0 Å². The molecule has 0 saturated carbocycles. The maximum Gasteiger partial charge on any atom is 0.338 e. The van der Waals surface area contributed by atoms with Crippen LogP contribution in [-0.2, 0) is 4.74 Å². The van der Waals surface area contributed by atoms with Gasteiger partial charge in [-0.1, -0.05) is 30.3 Å². The lowest BCUT2D eigenvalue weighted by Gasteiger charge is -2.43. The van der Waals surface area contributed by atoms with Crippen LogP contribution in [0.5, 0.6) is 0 Å². The summed E-state index contributed by atoms with van der Waals surface area (Å²) >= 11 is 0. The van der Waals surface area contributed by atoms with Crippen LogP contribution in [0.3, 0.4) is 0 Å². The molecule has 0 N–H and O–H groups in total. The summed E-state index contributed by atoms with van der Waals surface area (Å²) in [6, 6.07) is 16.9. The molecule has 2 bridgehead atoms. The Morgan fingerprint density at radius 1 is 1.12 bits per heavy atom. The highest BCUT2D eigenvalue weighted by Gasteiger charge is 2.46. The van der Waals surface area contributed by atoms with Crippen LogP contribution in [0.1, 0.15) is 41.1 Å². The fourth-order valence-corrected chi connectivity index (χ4v) is 4.73. The van der Waals surface area contributed by atoms with Gasteiger partial charge in [-0.05, 0) is 62.1 Å². The van der Waals surface area contributed by atoms with Gasteiger partial charge in [-0.25, -0.2) is 9.18 Å². The highest BCUT2D eigenvalue weighted by Crippen LogP contribution is 2.46. The Morgan fingerprint density at radius 2 is 1.85 bits per heavy atom. The lowest BCUT2D eigenvalue weighted by atomic mass is 9.76. The molecule has 0 radical (unpaired) electrons. The van der Waals surface area contributed by atoms with Gasteiger partial charge >= 0.3 is 5.97 Å². The molecule has 3 nitrogen and oxygen atoms in total. The zero-order chi connectivity index (χ0) is 18.1. The van der Waals surface area contributed by atoms with E-state index >= 15 is 0 Å². The predicted molar refractivity (Wildman–Crippen MR) is 98.5 cm³/mol. The minimum atomic E-state index is -0.272. The molecular weight excluding hydrogens is 329 g/mol. The highest BCUT2D eigenvalue weighted by molar-refractivity contribution is 5.89. The second-order valence-corrected chi connectivity index (χ2v) is 7.49. The van der Waals surface area contributed by atoms with Crippen LogP contribution in [0.2, 0.25) is 0 Å². The van der Waals surface area contributed by atoms with Crippen LogP contribution in [-0.4, -0.2) is 36.6 Å². The van der Waals surface area contributed by atoms with Gasteiger partial charge in [-0.3, -0.25) is 0 Å². The van der Waals surface area contributed by atoms with Crippen LogP contribution >= 0.6 is 0 Å². The molecule has 2 fully saturated rings. The van der Waals surface area contributed by atoms with Gasteiger partial charge in [0.2, 0.25) is 0 Å². The molecule has 2 aliphatic heterocycles. The lowest BCUT2D eigenvalue weighted by molar-refractivity contribution is 0.0187. The minimum Gasteiger partial charge on any atom is -0.462 e. The molecule has 2 saturated heterocycles. The minimum absolute atomic E-state index is 0.211. The molecule has 2 aromatic rings. The molecule has 2 aromatic carbocycles. The van der Waals surface area contributed by atoms with E-state index in [1.807, 2.05) is 30.3 Å². The summed E-state index contributed by atoms with van der Waals surface area (Å²) in [6.45, 7) is 0.400. The first-order valence-corrected chi connectivity index (χ1v) is 9.33. The third-order valence-corrected chi connectivity index (χ3v) is 6.15. The number of halogens is 1. The molecule has 2 aliphatic rings. The van der Waals surface area contributed by atoms with Crippen LogP contribution < -0.4 is 0 Å². The number of rotatable bonds is 4. The summed E-state index contributed by atoms with van der Waals surface area (Å²) < 4.78 is 19.0. The van der Waals surface area contributed by atoms with Crippen LogP contribution in [0.15, 0.2) is 54.6 Å². The summed E-state index contributed by atoms with van der Waals surface area (Å²) in [6.07, 6.45) is 3.35. The van der Waals surface area contributed by atoms with Crippen molar-refractivity contribution in [2.24, 2.45) is 5.92 Å². The summed E-state index contributed by atoms with van der Waals surface area (Å²) in [7, 11) is 2.18. The molecule has 4 rings (SSSR count). The predicted octanol–water partition coefficient (Wildman–Crippen LogP) is 4.25. The summed E-state index contributed by atoms with van der Waals surface area (Å²) in [4.78, 5) is 14.8. The third kappa shape index (κ3) is 3.26. The van der Waals surface area contributed by atoms with E-state index in [1.54, 1.807) is 12.1 Å². The van der Waals surface area contributed by atoms with E-state index in [0.29, 0.717) is 30.2 Å². The molecule has 4 atom stereocenters. The van der Waals surface area contributed by atoms with E-state index < -0.39 is 0 Å². The Hall–Kier alpha value is -2.20. The van der Waals surface area contributed by atoms with E-state index in [1.165, 1.54) is 18.6 Å². The first kappa shape index (κ1) is 17.2. The van der Waals surface area contributed by atoms with Gasteiger partial charge in [-0.15, -0.1) is 0 Å². The molecule has 4 heteroatoms. The maximum absolute atomic E-state index is 13.3. The van der Waals surface area contributed by atoms with Gasteiger partial charge in [0.1, 0.15) is 5.82 Å². The summed E-state index contributed by atoms with van der Waals surface area (Å²) in [5.74, 6) is 0.0488. The van der Waals surface area contributed by atoms with Gasteiger partial charge in [0.05, 0.1) is 12.2 Å². The molecule has 0 spiro atoms. The molecular formula is C22H24FNO2. The Morgan fingerprint density at radius 3 is 2.58 bits per heavy atom. The first-order valence-electron chi connectivity index (χ1n) is 9.33. The van der Waals surface area contributed by atoms with Crippen molar-refractivity contribution in [1.82, 2.24) is 4.90 Å². The number of hydrogen-bond donors (Lipinski definition) is 0. The SMILES string of the molecule is CN1[C@H]2CC[C@@H]1[C@@H](COC(=O)c1ccccc1)[C@@H](c1ccc(F)cc1)C2. The highest BCUT2D eigenvalue weighted by atomic mass is 19.1. The average Bonchev–Trinajstić information content (AvgIpc) is 2.91. The summed E-state index contributed by atoms with van der Waals surface area (Å²) in [5, 5.41) is 0. The van der Waals surface area contributed by atoms with Crippen molar-refractivity contribution >= 4 is 5.97 Å². The van der Waals surface area contributed by atoms with Crippen LogP contribution in [0.25, 0.3) is 0 Å². The Bertz CT molecular complexity index is 761. The zero-order valence-electron chi connectivity index (χ0n) is 15.0. The molecule has 0 unspecified atom stereocenters. The number of benzene rings is 2. The molecule has 2 heterocycles. The molecule has 0 amide bonds. The standard InChI is InChI=1S/C22H24FNO2/c1-24-18-11-12-21(24)20(14-26-22(25)16-5-3-2-4-6-16)19(13-18)15-7-9-17(23)10-8-15/h2-10,18-21H,11-14H2,1H3/t18-,19+,20-,21+/m0/s1. The van der Waals surface area contributed by atoms with E-state index in [4.69, 9.17) is 4.74 Å². The van der Waals surface area contributed by atoms with E-state index in [-0.39, 0.29) is 17.7 Å². The molecule has 0 aromatic heterocycles. The van der Waals surface area contributed by atoms with Gasteiger partial charge in [0, 0.05) is 18.0 Å². The Balaban J connectivity index is 1.53. The number of ether oxygens (including phenoxy) is 1. The number of hydrogen-bond acceptors (Lipinski definition) is 3. The number of piperidine rings is 1. The number of esters is 1. The van der Waals surface area contributed by atoms with Crippen LogP contribution in [0, 0.1) is 11.7 Å². The van der Waals surface area contributed by atoms with Crippen molar-refractivity contribution < 1.29 is 13.9 Å². The normalized spacial score (nSPS) is 28.1. The van der Waals surface area contributed by atoms with Crippen molar-refractivity contribution in [3.05, 3.63) is 71.5 Å². The van der Waals surface area contributed by atoms with Crippen molar-refractivity contribution in [2.45, 2.75) is 37.3 Å². The fourth-order valence-electron chi connectivity index (χ4n) is 4.73. The molecule has 26 heavy (non-hydrogen) atoms. The van der Waals surface area contributed by atoms with Crippen molar-refractivity contribution in [1.29, 1.82) is 0 Å². The second-order valence-electron chi connectivity index (χ2n) is 7.49. The Kier molecular flexibility index (Phi) is 4.77. The van der Waals surface area contributed by atoms with E-state index in [9.17, 15) is 9.18 Å². The number of nitrogens with zero attached hydrogens (tertiary/aromatic N) is 1. The second kappa shape index (κ2) is 7.20. The zero-order valence-corrected chi connectivity index (χ0v) is 15.0. The fraction of sp³-hybridized carbons (Fsp3) is 0.409. The molecule has 0 aliphatic carbocycles. The smallest absolute Gasteiger partial charge is 0.338 e. The molecule has 136 valence electrons. The Labute approximate surface area is 153 Å². The summed E-state index contributed by atoms with van der Waals surface area (Å²) in [5.41, 5.74) is 1.73. The maximum atomic E-state index is 13.3. The first-order chi connectivity index (χ1) is 12.6. The monoisotopic (exact) mass is 353 g/mol. The van der Waals surface area contributed by atoms with Crippen molar-refractivity contribution in [3.63, 3.8) is 0 Å². The number of carbonyl (C=O) groups is 1. The topological polar surface area (TPSA) is 29.5 Å². The number of carbonyl (C=O) groups excluding carboxylic acids is 1.